The van der Waals surface area contributed by atoms with Gasteiger partial charge in [0.2, 0.25) is 0 Å². The summed E-state index contributed by atoms with van der Waals surface area (Å²) in [6, 6.07) is 7.37. The molecule has 1 aliphatic heterocycles. The van der Waals surface area contributed by atoms with Gasteiger partial charge in [0.15, 0.2) is 0 Å². The Morgan fingerprint density at radius 1 is 1.10 bits per heavy atom. The lowest BCUT2D eigenvalue weighted by Gasteiger charge is -2.35. The highest BCUT2D eigenvalue weighted by molar-refractivity contribution is 5.92. The first-order chi connectivity index (χ1) is 9.83. The molecule has 1 aliphatic carbocycles. The number of hydrogen-bond donors (Lipinski definition) is 0. The van der Waals surface area contributed by atoms with E-state index in [0.29, 0.717) is 5.52 Å². The van der Waals surface area contributed by atoms with Gasteiger partial charge in [0.05, 0.1) is 0 Å². The highest BCUT2D eigenvalue weighted by Crippen LogP contribution is 2.42. The molecule has 0 bridgehead atoms. The van der Waals surface area contributed by atoms with Crippen LogP contribution in [-0.4, -0.2) is 18.1 Å². The van der Waals surface area contributed by atoms with Crippen molar-refractivity contribution in [3.05, 3.63) is 36.3 Å². The summed E-state index contributed by atoms with van der Waals surface area (Å²) in [5.74, 6) is 1.56. The first kappa shape index (κ1) is 12.1. The molecule has 20 heavy (non-hydrogen) atoms. The third kappa shape index (κ3) is 2.05. The van der Waals surface area contributed by atoms with Crippen LogP contribution in [0.1, 0.15) is 25.7 Å². The summed E-state index contributed by atoms with van der Waals surface area (Å²) in [5, 5.41) is 0.948. The van der Waals surface area contributed by atoms with Crippen molar-refractivity contribution in [3.8, 4) is 0 Å². The summed E-state index contributed by atoms with van der Waals surface area (Å²) in [5.41, 5.74) is 1.65. The van der Waals surface area contributed by atoms with E-state index >= 15 is 0 Å². The average Bonchev–Trinajstić information content (AvgIpc) is 3.33. The molecule has 1 aromatic heterocycles. The third-order valence-electron chi connectivity index (χ3n) is 4.78. The molecular formula is C17H19FN2. The predicted molar refractivity (Wildman–Crippen MR) is 79.4 cm³/mol. The van der Waals surface area contributed by atoms with Gasteiger partial charge in [-0.25, -0.2) is 4.39 Å². The predicted octanol–water partition coefficient (Wildman–Crippen LogP) is 4.00. The molecule has 0 spiro atoms. The number of hydrogen-bond acceptors (Lipinski definition) is 2. The van der Waals surface area contributed by atoms with Gasteiger partial charge < -0.3 is 4.90 Å². The van der Waals surface area contributed by atoms with Crippen molar-refractivity contribution in [2.75, 3.05) is 18.0 Å². The number of benzene rings is 1. The summed E-state index contributed by atoms with van der Waals surface area (Å²) >= 11 is 0. The molecule has 2 fully saturated rings. The molecule has 2 nitrogen and oxygen atoms in total. The van der Waals surface area contributed by atoms with Crippen molar-refractivity contribution in [1.29, 1.82) is 0 Å². The van der Waals surface area contributed by atoms with E-state index in [9.17, 15) is 4.39 Å². The van der Waals surface area contributed by atoms with E-state index in [0.717, 1.165) is 36.0 Å². The van der Waals surface area contributed by atoms with Gasteiger partial charge in [0, 0.05) is 30.4 Å². The number of anilines is 1. The largest absolute Gasteiger partial charge is 0.371 e. The maximum absolute atomic E-state index is 13.9. The van der Waals surface area contributed by atoms with Crippen LogP contribution in [0.25, 0.3) is 10.9 Å². The zero-order valence-electron chi connectivity index (χ0n) is 11.6. The molecule has 2 heterocycles. The number of piperidine rings is 1. The standard InChI is InChI=1S/C17H19FN2/c18-15-7-8-16(14-4-1-9-19-17(14)15)20-10-2-3-13(11-20)12-5-6-12/h1,4,7-9,12-13H,2-3,5-6,10-11H2. The molecule has 1 saturated carbocycles. The molecule has 2 aromatic rings. The zero-order valence-corrected chi connectivity index (χ0v) is 11.6. The summed E-state index contributed by atoms with van der Waals surface area (Å²) in [7, 11) is 0. The second-order valence-corrected chi connectivity index (χ2v) is 6.15. The highest BCUT2D eigenvalue weighted by Gasteiger charge is 2.34. The van der Waals surface area contributed by atoms with E-state index in [2.05, 4.69) is 9.88 Å². The van der Waals surface area contributed by atoms with E-state index in [1.165, 1.54) is 25.7 Å². The van der Waals surface area contributed by atoms with Crippen LogP contribution in [-0.2, 0) is 0 Å². The quantitative estimate of drug-likeness (QED) is 0.820. The smallest absolute Gasteiger partial charge is 0.149 e. The van der Waals surface area contributed by atoms with Gasteiger partial charge in [0.25, 0.3) is 0 Å². The minimum atomic E-state index is -0.222. The summed E-state index contributed by atoms with van der Waals surface area (Å²) in [4.78, 5) is 6.64. The molecule has 104 valence electrons. The van der Waals surface area contributed by atoms with E-state index in [-0.39, 0.29) is 5.82 Å². The Bertz CT molecular complexity index is 636. The van der Waals surface area contributed by atoms with Crippen LogP contribution < -0.4 is 4.90 Å². The average molecular weight is 270 g/mol. The molecule has 0 N–H and O–H groups in total. The topological polar surface area (TPSA) is 16.1 Å². The molecular weight excluding hydrogens is 251 g/mol. The Morgan fingerprint density at radius 2 is 2.00 bits per heavy atom. The van der Waals surface area contributed by atoms with Crippen LogP contribution in [0.5, 0.6) is 0 Å². The molecule has 4 rings (SSSR count). The van der Waals surface area contributed by atoms with E-state index in [1.807, 2.05) is 18.2 Å². The number of pyridine rings is 1. The summed E-state index contributed by atoms with van der Waals surface area (Å²) in [6.07, 6.45) is 7.09. The first-order valence-electron chi connectivity index (χ1n) is 7.61. The van der Waals surface area contributed by atoms with E-state index in [1.54, 1.807) is 12.3 Å². The molecule has 0 radical (unpaired) electrons. The molecule has 1 atom stereocenters. The maximum atomic E-state index is 13.9. The lowest BCUT2D eigenvalue weighted by molar-refractivity contribution is 0.374. The normalized spacial score (nSPS) is 23.2. The molecule has 3 heteroatoms. The second kappa shape index (κ2) is 4.72. The van der Waals surface area contributed by atoms with Gasteiger partial charge in [-0.1, -0.05) is 0 Å². The first-order valence-corrected chi connectivity index (χ1v) is 7.61. The minimum absolute atomic E-state index is 0.222. The second-order valence-electron chi connectivity index (χ2n) is 6.15. The zero-order chi connectivity index (χ0) is 13.5. The van der Waals surface area contributed by atoms with Crippen LogP contribution in [0.3, 0.4) is 0 Å². The summed E-state index contributed by atoms with van der Waals surface area (Å²) in [6.45, 7) is 2.21. The van der Waals surface area contributed by atoms with Gasteiger partial charge in [-0.05, 0) is 61.8 Å². The Kier molecular flexibility index (Phi) is 2.86. The Balaban J connectivity index is 1.72. The van der Waals surface area contributed by atoms with Crippen LogP contribution in [0.15, 0.2) is 30.5 Å². The molecule has 0 amide bonds. The van der Waals surface area contributed by atoms with Crippen LogP contribution >= 0.6 is 0 Å². The van der Waals surface area contributed by atoms with Crippen molar-refractivity contribution in [1.82, 2.24) is 4.98 Å². The number of fused-ring (bicyclic) bond motifs is 1. The number of rotatable bonds is 2. The Hall–Kier alpha value is -1.64. The van der Waals surface area contributed by atoms with Gasteiger partial charge in [-0.15, -0.1) is 0 Å². The van der Waals surface area contributed by atoms with Crippen molar-refractivity contribution in [3.63, 3.8) is 0 Å². The van der Waals surface area contributed by atoms with Gasteiger partial charge >= 0.3 is 0 Å². The minimum Gasteiger partial charge on any atom is -0.371 e. The summed E-state index contributed by atoms with van der Waals surface area (Å²) < 4.78 is 13.9. The van der Waals surface area contributed by atoms with Crippen molar-refractivity contribution >= 4 is 16.6 Å². The molecule has 2 aliphatic rings. The SMILES string of the molecule is Fc1ccc(N2CCCC(C3CC3)C2)c2cccnc12. The highest BCUT2D eigenvalue weighted by atomic mass is 19.1. The third-order valence-corrected chi connectivity index (χ3v) is 4.78. The molecule has 1 aromatic carbocycles. The Morgan fingerprint density at radius 3 is 2.85 bits per heavy atom. The van der Waals surface area contributed by atoms with Gasteiger partial charge in [-0.2, -0.15) is 0 Å². The fraction of sp³-hybridized carbons (Fsp3) is 0.471. The van der Waals surface area contributed by atoms with Crippen molar-refractivity contribution in [2.24, 2.45) is 11.8 Å². The lowest BCUT2D eigenvalue weighted by atomic mass is 9.92. The fourth-order valence-electron chi connectivity index (χ4n) is 3.58. The van der Waals surface area contributed by atoms with E-state index < -0.39 is 0 Å². The maximum Gasteiger partial charge on any atom is 0.149 e. The van der Waals surface area contributed by atoms with Gasteiger partial charge in [0.1, 0.15) is 11.3 Å². The number of aromatic nitrogens is 1. The fourth-order valence-corrected chi connectivity index (χ4v) is 3.58. The molecule has 1 unspecified atom stereocenters. The Labute approximate surface area is 118 Å². The molecule has 1 saturated heterocycles. The van der Waals surface area contributed by atoms with E-state index in [4.69, 9.17) is 0 Å². The number of nitrogens with zero attached hydrogens (tertiary/aromatic N) is 2. The van der Waals surface area contributed by atoms with Crippen LogP contribution in [0.2, 0.25) is 0 Å². The van der Waals surface area contributed by atoms with Crippen LogP contribution in [0.4, 0.5) is 10.1 Å². The monoisotopic (exact) mass is 270 g/mol. The van der Waals surface area contributed by atoms with Crippen molar-refractivity contribution in [2.45, 2.75) is 25.7 Å². The number of halogens is 1. The lowest BCUT2D eigenvalue weighted by Crippen LogP contribution is -2.36. The van der Waals surface area contributed by atoms with Crippen LogP contribution in [0, 0.1) is 17.7 Å². The van der Waals surface area contributed by atoms with Gasteiger partial charge in [-0.3, -0.25) is 4.98 Å². The van der Waals surface area contributed by atoms with Crippen molar-refractivity contribution < 1.29 is 4.39 Å².